The Morgan fingerprint density at radius 3 is 2.63 bits per heavy atom. The van der Waals surface area contributed by atoms with Crippen LogP contribution >= 0.6 is 11.6 Å². The van der Waals surface area contributed by atoms with Gasteiger partial charge in [-0.2, -0.15) is 15.1 Å². The maximum atomic E-state index is 17.4. The molecule has 12 nitrogen and oxygen atoms in total. The van der Waals surface area contributed by atoms with Crippen molar-refractivity contribution < 1.29 is 28.4 Å². The molecular weight excluding hydrogens is 713 g/mol. The van der Waals surface area contributed by atoms with Crippen molar-refractivity contribution in [2.24, 2.45) is 11.3 Å². The second-order valence-corrected chi connectivity index (χ2v) is 17.2. The van der Waals surface area contributed by atoms with Crippen LogP contribution < -0.4 is 14.4 Å². The number of hydrogen-bond acceptors (Lipinski definition) is 11. The van der Waals surface area contributed by atoms with E-state index >= 15 is 4.39 Å². The summed E-state index contributed by atoms with van der Waals surface area (Å²) in [6.07, 6.45) is 13.0. The predicted octanol–water partition coefficient (Wildman–Crippen LogP) is 6.63. The molecule has 2 saturated carbocycles. The molecule has 4 aromatic rings. The Balaban J connectivity index is 1.16. The molecule has 4 atom stereocenters. The summed E-state index contributed by atoms with van der Waals surface area (Å²) in [5.74, 6) is 0.250. The quantitative estimate of drug-likeness (QED) is 0.220. The van der Waals surface area contributed by atoms with Crippen molar-refractivity contribution in [3.05, 3.63) is 28.7 Å². The van der Waals surface area contributed by atoms with E-state index in [9.17, 15) is 5.11 Å². The van der Waals surface area contributed by atoms with Gasteiger partial charge in [0.2, 0.25) is 5.88 Å². The van der Waals surface area contributed by atoms with Crippen LogP contribution in [0.5, 0.6) is 11.9 Å². The summed E-state index contributed by atoms with van der Waals surface area (Å²) in [5, 5.41) is 19.9. The fourth-order valence-electron chi connectivity index (χ4n) is 10.3. The van der Waals surface area contributed by atoms with E-state index in [2.05, 4.69) is 15.1 Å². The number of rotatable bonds is 6. The van der Waals surface area contributed by atoms with Gasteiger partial charge >= 0.3 is 6.01 Å². The second kappa shape index (κ2) is 14.3. The number of hydrogen-bond donors (Lipinski definition) is 2. The van der Waals surface area contributed by atoms with Crippen molar-refractivity contribution in [3.8, 4) is 23.1 Å². The topological polar surface area (TPSA) is 131 Å². The average Bonchev–Trinajstić information content (AvgIpc) is 3.76. The number of pyridine rings is 1. The van der Waals surface area contributed by atoms with Crippen molar-refractivity contribution in [3.63, 3.8) is 0 Å². The highest BCUT2D eigenvalue weighted by molar-refractivity contribution is 6.33. The minimum atomic E-state index is -1.18. The highest BCUT2D eigenvalue weighted by atomic mass is 35.5. The molecule has 2 aliphatic carbocycles. The zero-order chi connectivity index (χ0) is 37.2. The molecule has 6 heterocycles. The molecule has 5 aliphatic rings. The van der Waals surface area contributed by atoms with E-state index in [1.54, 1.807) is 19.2 Å². The summed E-state index contributed by atoms with van der Waals surface area (Å²) < 4.78 is 42.0. The fraction of sp³-hybridized carbons (Fsp3) is 0.650. The van der Waals surface area contributed by atoms with Gasteiger partial charge in [-0.05, 0) is 101 Å². The van der Waals surface area contributed by atoms with Crippen molar-refractivity contribution in [1.82, 2.24) is 30.0 Å². The molecule has 1 aromatic carbocycles. The van der Waals surface area contributed by atoms with E-state index in [1.807, 2.05) is 11.8 Å². The highest BCUT2D eigenvalue weighted by Gasteiger charge is 2.46. The molecule has 5 fully saturated rings. The Morgan fingerprint density at radius 2 is 1.83 bits per heavy atom. The first-order valence-corrected chi connectivity index (χ1v) is 20.1. The standard InChI is InChI=1S/C40H51ClFN7O5/c1-23-27(41)18-28-26(19-43-47-28)30(23)33-32(42)34-31(37(44-33)51-3)36(48-15-17-53-21-39(2,50)20-48)46-38(45-34)54-35-24-6-4-8-29(35)49(14-5-7-24)25-9-11-40(12-10-25)13-16-52-22-40/h18-19,24-25,29,35,50H,4-17,20-22H2,1-3H3,(H,43,47)/t24-,25?,29+,35?,39-,40?/m0/s1. The maximum Gasteiger partial charge on any atom is 0.319 e. The molecule has 14 heteroatoms. The molecule has 9 rings (SSSR count). The van der Waals surface area contributed by atoms with Gasteiger partial charge < -0.3 is 29.0 Å². The number of ether oxygens (including phenoxy) is 4. The number of β-amino-alcohol motifs (C(OH)–C–C–N with tert-alkyl or cyclic N) is 1. The second-order valence-electron chi connectivity index (χ2n) is 16.8. The van der Waals surface area contributed by atoms with Crippen LogP contribution in [-0.2, 0) is 9.47 Å². The molecule has 290 valence electrons. The van der Waals surface area contributed by atoms with Gasteiger partial charge in [0, 0.05) is 41.2 Å². The van der Waals surface area contributed by atoms with E-state index in [1.165, 1.54) is 39.2 Å². The van der Waals surface area contributed by atoms with Crippen LogP contribution in [0.3, 0.4) is 0 Å². The number of nitrogens with one attached hydrogen (secondary N) is 1. The van der Waals surface area contributed by atoms with E-state index in [4.69, 9.17) is 45.5 Å². The van der Waals surface area contributed by atoms with Gasteiger partial charge in [0.25, 0.3) is 0 Å². The van der Waals surface area contributed by atoms with E-state index in [-0.39, 0.29) is 48.4 Å². The number of methoxy groups -OCH3 is 1. The van der Waals surface area contributed by atoms with Crippen LogP contribution in [0, 0.1) is 24.1 Å². The molecule has 1 spiro atoms. The first kappa shape index (κ1) is 36.3. The lowest BCUT2D eigenvalue weighted by Crippen LogP contribution is -2.54. The van der Waals surface area contributed by atoms with Crippen LogP contribution in [0.25, 0.3) is 33.1 Å². The largest absolute Gasteiger partial charge is 0.480 e. The number of benzene rings is 1. The molecule has 54 heavy (non-hydrogen) atoms. The first-order valence-electron chi connectivity index (χ1n) is 19.8. The van der Waals surface area contributed by atoms with Gasteiger partial charge in [-0.25, -0.2) is 9.37 Å². The zero-order valence-electron chi connectivity index (χ0n) is 31.5. The Bertz CT molecular complexity index is 2030. The smallest absolute Gasteiger partial charge is 0.319 e. The molecule has 3 aromatic heterocycles. The first-order chi connectivity index (χ1) is 26.1. The Kier molecular flexibility index (Phi) is 9.61. The number of aliphatic hydroxyl groups is 1. The van der Waals surface area contributed by atoms with Gasteiger partial charge in [0.1, 0.15) is 34.1 Å². The third kappa shape index (κ3) is 6.47. The van der Waals surface area contributed by atoms with Crippen LogP contribution in [0.15, 0.2) is 12.3 Å². The third-order valence-electron chi connectivity index (χ3n) is 13.1. The summed E-state index contributed by atoms with van der Waals surface area (Å²) >= 11 is 6.68. The number of anilines is 1. The van der Waals surface area contributed by atoms with Crippen molar-refractivity contribution in [2.45, 2.75) is 102 Å². The Morgan fingerprint density at radius 1 is 1.02 bits per heavy atom. The van der Waals surface area contributed by atoms with Crippen LogP contribution in [-0.4, -0.2) is 112 Å². The molecule has 2 bridgehead atoms. The van der Waals surface area contributed by atoms with Gasteiger partial charge in [-0.1, -0.05) is 18.0 Å². The van der Waals surface area contributed by atoms with Gasteiger partial charge in [-0.15, -0.1) is 0 Å². The number of fused-ring (bicyclic) bond motifs is 4. The number of H-pyrrole nitrogens is 1. The maximum absolute atomic E-state index is 17.4. The van der Waals surface area contributed by atoms with E-state index in [0.717, 1.165) is 51.9 Å². The lowest BCUT2D eigenvalue weighted by Gasteiger charge is -2.47. The minimum absolute atomic E-state index is 0.0321. The van der Waals surface area contributed by atoms with Crippen molar-refractivity contribution >= 4 is 39.2 Å². The van der Waals surface area contributed by atoms with Crippen LogP contribution in [0.4, 0.5) is 10.2 Å². The van der Waals surface area contributed by atoms with Gasteiger partial charge in [-0.3, -0.25) is 10.00 Å². The molecule has 3 aliphatic heterocycles. The lowest BCUT2D eigenvalue weighted by atomic mass is 9.71. The number of halogens is 2. The molecule has 1 unspecified atom stereocenters. The summed E-state index contributed by atoms with van der Waals surface area (Å²) in [6.45, 7) is 7.54. The number of nitrogens with zero attached hydrogens (tertiary/aromatic N) is 6. The Labute approximate surface area is 320 Å². The molecular formula is C40H51ClFN7O5. The monoisotopic (exact) mass is 763 g/mol. The number of aromatic nitrogens is 5. The van der Waals surface area contributed by atoms with E-state index < -0.39 is 11.4 Å². The van der Waals surface area contributed by atoms with Gasteiger partial charge in [0.15, 0.2) is 5.82 Å². The summed E-state index contributed by atoms with van der Waals surface area (Å²) in [6, 6.07) is 2.62. The third-order valence-corrected chi connectivity index (χ3v) is 13.5. The Hall–Kier alpha value is -3.36. The molecule has 3 saturated heterocycles. The van der Waals surface area contributed by atoms with Crippen LogP contribution in [0.1, 0.15) is 76.7 Å². The lowest BCUT2D eigenvalue weighted by molar-refractivity contribution is -0.0240. The normalized spacial score (nSPS) is 30.9. The van der Waals surface area contributed by atoms with Crippen molar-refractivity contribution in [1.29, 1.82) is 0 Å². The molecule has 0 radical (unpaired) electrons. The van der Waals surface area contributed by atoms with Crippen LogP contribution in [0.2, 0.25) is 5.02 Å². The fourth-order valence-corrected chi connectivity index (χ4v) is 10.5. The average molecular weight is 764 g/mol. The SMILES string of the molecule is COc1nc(-c2c(C)c(Cl)cc3[nH]ncc23)c(F)c2nc(OC3[C@H]4CCC[C@H]3N(C3CCC5(CCOC5)CC3)CCC4)nc(N3CCOC[C@@](C)(O)C3)c12. The molecule has 2 N–H and O–H groups in total. The number of likely N-dealkylation sites (tertiary alicyclic amines) is 1. The van der Waals surface area contributed by atoms with E-state index in [0.29, 0.717) is 68.8 Å². The molecule has 0 amide bonds. The predicted molar refractivity (Wildman–Crippen MR) is 204 cm³/mol. The minimum Gasteiger partial charge on any atom is -0.480 e. The summed E-state index contributed by atoms with van der Waals surface area (Å²) in [7, 11) is 1.51. The summed E-state index contributed by atoms with van der Waals surface area (Å²) in [4.78, 5) is 19.4. The van der Waals surface area contributed by atoms with Gasteiger partial charge in [0.05, 0.1) is 45.2 Å². The highest BCUT2D eigenvalue weighted by Crippen LogP contribution is 2.47. The summed E-state index contributed by atoms with van der Waals surface area (Å²) in [5.41, 5.74) is 1.08. The number of aromatic amines is 1. The zero-order valence-corrected chi connectivity index (χ0v) is 32.3. The van der Waals surface area contributed by atoms with Crippen molar-refractivity contribution in [2.75, 3.05) is 58.1 Å².